The van der Waals surface area contributed by atoms with Crippen molar-refractivity contribution in [3.63, 3.8) is 0 Å². The fourth-order valence-electron chi connectivity index (χ4n) is 11.5. The van der Waals surface area contributed by atoms with Crippen LogP contribution in [0.1, 0.15) is 199 Å². The number of anilines is 3. The van der Waals surface area contributed by atoms with E-state index in [4.69, 9.17) is 71.5 Å². The average molecular weight is 1570 g/mol. The van der Waals surface area contributed by atoms with Gasteiger partial charge in [-0.3, -0.25) is 34.1 Å². The highest BCUT2D eigenvalue weighted by Crippen LogP contribution is 2.44. The molecule has 11 aromatic rings. The molecule has 0 aliphatic carbocycles. The van der Waals surface area contributed by atoms with Crippen LogP contribution in [0, 0.1) is 0 Å². The van der Waals surface area contributed by atoms with Crippen LogP contribution in [0.25, 0.3) is 43.6 Å². The lowest BCUT2D eigenvalue weighted by Gasteiger charge is -2.29. The molecule has 0 saturated carbocycles. The van der Waals surface area contributed by atoms with E-state index in [9.17, 15) is 38.7 Å². The number of halogens is 4. The van der Waals surface area contributed by atoms with E-state index in [1.807, 2.05) is 126 Å². The number of phenols is 1. The number of aromatic nitrogens is 4. The van der Waals surface area contributed by atoms with Crippen LogP contribution >= 0.6 is 46.4 Å². The van der Waals surface area contributed by atoms with Crippen molar-refractivity contribution in [1.82, 2.24) is 19.9 Å². The van der Waals surface area contributed by atoms with E-state index < -0.39 is 34.9 Å². The van der Waals surface area contributed by atoms with Gasteiger partial charge in [0.05, 0.1) is 62.5 Å². The molecule has 4 aromatic heterocycles. The number of amides is 2. The molecule has 4 heterocycles. The number of phenolic OH excluding ortho intramolecular Hbond substituents is 1. The maximum atomic E-state index is 13.3. The first-order valence-corrected chi connectivity index (χ1v) is 36.4. The molecule has 0 aliphatic heterocycles. The van der Waals surface area contributed by atoms with Crippen molar-refractivity contribution in [3.05, 3.63) is 239 Å². The Morgan fingerprint density at radius 3 is 1.15 bits per heavy atom. The Balaban J connectivity index is 0.000000199. The Bertz CT molecular complexity index is 5390. The quantitative estimate of drug-likeness (QED) is 0.0356. The predicted molar refractivity (Wildman–Crippen MR) is 442 cm³/mol. The lowest BCUT2D eigenvalue weighted by molar-refractivity contribution is 0.0694. The van der Waals surface area contributed by atoms with Crippen LogP contribution in [0.2, 0.25) is 15.1 Å². The third-order valence-corrected chi connectivity index (χ3v) is 18.7. The molecule has 0 radical (unpaired) electrons. The first-order chi connectivity index (χ1) is 51.1. The zero-order valence-corrected chi connectivity index (χ0v) is 68.4. The zero-order chi connectivity index (χ0) is 82.1. The summed E-state index contributed by atoms with van der Waals surface area (Å²) in [6, 6.07) is 39.9. The molecule has 110 heavy (non-hydrogen) atoms. The number of carboxylic acid groups (broad SMARTS) is 1. The number of H-pyrrole nitrogens is 1. The molecule has 7 N–H and O–H groups in total. The molecule has 0 saturated heterocycles. The number of ether oxygens (including phenoxy) is 4. The summed E-state index contributed by atoms with van der Waals surface area (Å²) in [6.07, 6.45) is 3.99. The first kappa shape index (κ1) is 86.6. The topological polar surface area (TPSA) is 301 Å². The summed E-state index contributed by atoms with van der Waals surface area (Å²) in [7, 11) is 2.53. The number of carbonyl (C=O) groups excluding carboxylic acids is 5. The van der Waals surface area contributed by atoms with Gasteiger partial charge in [-0.25, -0.2) is 14.4 Å². The van der Waals surface area contributed by atoms with E-state index in [0.29, 0.717) is 71.0 Å². The summed E-state index contributed by atoms with van der Waals surface area (Å²) in [5.41, 5.74) is 14.9. The third-order valence-electron chi connectivity index (χ3n) is 17.3. The van der Waals surface area contributed by atoms with Gasteiger partial charge in [0.15, 0.2) is 0 Å². The van der Waals surface area contributed by atoms with Gasteiger partial charge >= 0.3 is 18.3 Å². The number of nitrogens with two attached hydrogens (primary N) is 1. The van der Waals surface area contributed by atoms with Crippen LogP contribution in [-0.2, 0) is 42.0 Å². The maximum Gasteiger partial charge on any atom is 0.513 e. The Labute approximate surface area is 660 Å². The van der Waals surface area contributed by atoms with E-state index in [-0.39, 0.29) is 60.8 Å². The molecule has 0 atom stereocenters. The summed E-state index contributed by atoms with van der Waals surface area (Å²) in [5.74, 6) is -1.05. The number of para-hydroxylation sites is 4. The van der Waals surface area contributed by atoms with E-state index >= 15 is 0 Å². The minimum atomic E-state index is -1.21. The number of aromatic hydroxyl groups is 1. The van der Waals surface area contributed by atoms with E-state index in [0.717, 1.165) is 55.2 Å². The van der Waals surface area contributed by atoms with Crippen molar-refractivity contribution in [1.29, 1.82) is 0 Å². The second kappa shape index (κ2) is 34.9. The summed E-state index contributed by atoms with van der Waals surface area (Å²) in [6.45, 7) is 37.1. The van der Waals surface area contributed by atoms with Gasteiger partial charge in [-0.05, 0) is 115 Å². The van der Waals surface area contributed by atoms with Crippen molar-refractivity contribution in [2.45, 2.75) is 157 Å². The number of fused-ring (bicyclic) bond motifs is 4. The number of nitrogen functional groups attached to an aromatic ring is 1. The van der Waals surface area contributed by atoms with Crippen molar-refractivity contribution >= 4 is 142 Å². The highest BCUT2D eigenvalue weighted by molar-refractivity contribution is 6.69. The van der Waals surface area contributed by atoms with Crippen molar-refractivity contribution in [2.24, 2.45) is 0 Å². The van der Waals surface area contributed by atoms with Crippen molar-refractivity contribution in [2.75, 3.05) is 30.6 Å². The number of nitrogens with one attached hydrogen (secondary N) is 3. The normalized spacial score (nSPS) is 11.6. The van der Waals surface area contributed by atoms with Gasteiger partial charge in [0.25, 0.3) is 17.1 Å². The van der Waals surface area contributed by atoms with Gasteiger partial charge < -0.3 is 50.5 Å². The molecule has 0 fully saturated rings. The molecule has 24 heteroatoms. The average Bonchev–Trinajstić information content (AvgIpc) is 0.774. The van der Waals surface area contributed by atoms with Crippen LogP contribution in [0.5, 0.6) is 17.2 Å². The molecule has 2 amide bonds. The lowest BCUT2D eigenvalue weighted by atomic mass is 9.79. The van der Waals surface area contributed by atoms with Crippen LogP contribution in [-0.4, -0.2) is 79.7 Å². The summed E-state index contributed by atoms with van der Waals surface area (Å²) >= 11 is 24.4. The largest absolute Gasteiger partial charge is 0.513 e. The highest BCUT2D eigenvalue weighted by atomic mass is 35.5. The summed E-state index contributed by atoms with van der Waals surface area (Å²) < 4.78 is 19.9. The molecule has 0 aliphatic rings. The second-order valence-corrected chi connectivity index (χ2v) is 33.4. The molecule has 578 valence electrons. The van der Waals surface area contributed by atoms with Gasteiger partial charge in [0.1, 0.15) is 22.8 Å². The van der Waals surface area contributed by atoms with Crippen molar-refractivity contribution in [3.8, 4) is 17.2 Å². The first-order valence-electron chi connectivity index (χ1n) is 34.9. The Kier molecular flexibility index (Phi) is 27.5. The second-order valence-electron chi connectivity index (χ2n) is 31.9. The fraction of sp³-hybridized carbons (Fsp3) is 0.302. The molecular weight excluding hydrogens is 1480 g/mol. The summed E-state index contributed by atoms with van der Waals surface area (Å²) in [5, 5.41) is 28.2. The molecular formula is C86H93Cl4N7O13. The number of nitrogens with zero attached hydrogens (tertiary/aromatic N) is 3. The minimum Gasteiger partial charge on any atom is -0.508 e. The van der Waals surface area contributed by atoms with Crippen LogP contribution in [0.15, 0.2) is 163 Å². The van der Waals surface area contributed by atoms with Gasteiger partial charge in [0, 0.05) is 98.2 Å². The number of pyridine rings is 4. The minimum absolute atomic E-state index is 0.0755. The number of hydrogen-bond acceptors (Lipinski definition) is 16. The van der Waals surface area contributed by atoms with Gasteiger partial charge in [-0.1, -0.05) is 226 Å². The number of rotatable bonds is 8. The SMILES string of the molecule is CC(C)(C)c1cc(C(C)(C)C)c(NC(=O)c2cnc3ccccc3c2Cl)cc1O.COC(=O)Oc1cc(N)c(C(C)(C)C)cc1C(C)(C)C.COC(=O)Oc1cc(NC(=O)c2cnc3ccccc3c2Cl)c(C(C)(C)C)cc1C(C)(C)C.O=C(Cl)c1cnc2ccccc2c1Cl.O=C(O)c1c[nH]c2ccccc2c1=O. The van der Waals surface area contributed by atoms with Crippen LogP contribution < -0.4 is 31.3 Å². The van der Waals surface area contributed by atoms with Crippen LogP contribution in [0.3, 0.4) is 0 Å². The zero-order valence-electron chi connectivity index (χ0n) is 65.3. The molecule has 0 spiro atoms. The number of carbonyl (C=O) groups is 6. The van der Waals surface area contributed by atoms with E-state index in [1.165, 1.54) is 39.0 Å². The lowest BCUT2D eigenvalue weighted by Crippen LogP contribution is -2.23. The number of hydrogen-bond donors (Lipinski definition) is 6. The number of carboxylic acids is 1. The molecule has 20 nitrogen and oxygen atoms in total. The summed E-state index contributed by atoms with van der Waals surface area (Å²) in [4.78, 5) is 98.3. The predicted octanol–water partition coefficient (Wildman–Crippen LogP) is 21.8. The number of aromatic amines is 1. The van der Waals surface area contributed by atoms with Crippen molar-refractivity contribution < 1.29 is 57.9 Å². The fourth-order valence-corrected chi connectivity index (χ4v) is 12.6. The Hall–Kier alpha value is -10.6. The smallest absolute Gasteiger partial charge is 0.508 e. The third kappa shape index (κ3) is 21.4. The Morgan fingerprint density at radius 1 is 0.436 bits per heavy atom. The molecule has 7 aromatic carbocycles. The highest BCUT2D eigenvalue weighted by Gasteiger charge is 2.32. The van der Waals surface area contributed by atoms with E-state index in [1.54, 1.807) is 48.5 Å². The van der Waals surface area contributed by atoms with Crippen LogP contribution in [0.4, 0.5) is 26.7 Å². The molecule has 0 bridgehead atoms. The van der Waals surface area contributed by atoms with Gasteiger partial charge in [-0.15, -0.1) is 0 Å². The number of benzene rings is 7. The van der Waals surface area contributed by atoms with Gasteiger partial charge in [-0.2, -0.15) is 0 Å². The maximum absolute atomic E-state index is 13.3. The number of methoxy groups -OCH3 is 2. The van der Waals surface area contributed by atoms with E-state index in [2.05, 4.69) is 118 Å². The molecule has 11 rings (SSSR count). The monoisotopic (exact) mass is 1570 g/mol. The van der Waals surface area contributed by atoms with Gasteiger partial charge in [0.2, 0.25) is 5.43 Å². The molecule has 0 unspecified atom stereocenters. The number of aromatic carboxylic acids is 1. The Morgan fingerprint density at radius 2 is 0.773 bits per heavy atom. The standard InChI is InChI=1S/C26H29ClN2O4.C24H27ClN2O2.C16H25NO3.C10H5Cl2NO.C10H7NO3/c1-25(2,3)17-12-18(26(4,5)6)21(33-24(31)32-7)13-20(17)29-23(30)16-14-28-19-11-9-8-10-15(19)22(16)27;1-23(2,3)16-11-17(24(4,5)6)20(28)12-19(16)27-22(29)15-13-26-18-10-8-7-9-14(18)21(15)25;1-15(2,3)10-8-11(16(4,5)6)13(9-12(10)17)20-14(18)19-7;11-9-6-3-1-2-4-8(6)13-5-7(9)10(12)14;12-9-6-3-1-2-4-8(6)11-5-7(9)10(13)14/h8-14H,1-7H3,(H,29,30);7-13,28H,1-6H3,(H,27,29);8-9H,17H2,1-7H3;1-5H;1-5H,(H,11,12)(H,13,14).